The van der Waals surface area contributed by atoms with Gasteiger partial charge < -0.3 is 31.5 Å². The van der Waals surface area contributed by atoms with Crippen LogP contribution in [0.4, 0.5) is 13.2 Å². The van der Waals surface area contributed by atoms with Crippen LogP contribution in [0, 0.1) is 23.7 Å². The molecule has 4 aliphatic rings. The molecule has 2 unspecified atom stereocenters. The Bertz CT molecular complexity index is 1390. The van der Waals surface area contributed by atoms with E-state index in [0.29, 0.717) is 25.8 Å². The summed E-state index contributed by atoms with van der Waals surface area (Å²) < 4.78 is 43.7. The van der Waals surface area contributed by atoms with Gasteiger partial charge in [-0.2, -0.15) is 13.2 Å². The number of hydrogen-bond donors (Lipinski definition) is 6. The fraction of sp³-hybridized carbons (Fsp3) is 0.536. The third-order valence-corrected chi connectivity index (χ3v) is 9.26. The van der Waals surface area contributed by atoms with Crippen LogP contribution < -0.4 is 11.1 Å². The van der Waals surface area contributed by atoms with Gasteiger partial charge in [-0.25, -0.2) is 0 Å². The molecule has 0 saturated carbocycles. The highest BCUT2D eigenvalue weighted by Gasteiger charge is 2.63. The highest BCUT2D eigenvalue weighted by molar-refractivity contribution is 6.24. The first-order chi connectivity index (χ1) is 18.7. The highest BCUT2D eigenvalue weighted by atomic mass is 19.4. The molecule has 0 aromatic heterocycles. The molecule has 7 N–H and O–H groups in total. The molecule has 5 rings (SSSR count). The van der Waals surface area contributed by atoms with Crippen LogP contribution in [0.2, 0.25) is 0 Å². The normalized spacial score (nSPS) is 31.1. The van der Waals surface area contributed by atoms with Gasteiger partial charge in [0.2, 0.25) is 5.78 Å². The Labute approximate surface area is 227 Å². The number of rotatable bonds is 4. The first-order valence-corrected chi connectivity index (χ1v) is 13.3. The molecule has 9 nitrogen and oxygen atoms in total. The lowest BCUT2D eigenvalue weighted by Crippen LogP contribution is -2.60. The van der Waals surface area contributed by atoms with E-state index >= 15 is 0 Å². The van der Waals surface area contributed by atoms with E-state index in [-0.39, 0.29) is 12.0 Å². The largest absolute Gasteiger partial charge is 0.511 e. The molecule has 1 fully saturated rings. The van der Waals surface area contributed by atoms with Gasteiger partial charge in [0.05, 0.1) is 11.1 Å². The molecule has 3 aliphatic carbocycles. The maximum absolute atomic E-state index is 14.6. The number of nitrogens with two attached hydrogens (primary N) is 1. The predicted octanol–water partition coefficient (Wildman–Crippen LogP) is 3.30. The van der Waals surface area contributed by atoms with Crippen molar-refractivity contribution in [2.75, 3.05) is 6.54 Å². The zero-order valence-corrected chi connectivity index (χ0v) is 21.9. The van der Waals surface area contributed by atoms with Gasteiger partial charge in [-0.05, 0) is 61.3 Å². The standard InChI is InChI=1S/C28H31F3N2O7/c1-3-10(2)17-14-8-11-7-13-19(16(34)9-12(15-5-4-6-33-15)21(13)28(29,30)31)23(36)18(11)24(37)27(14,40)25(38)20(22(17)35)26(32)39/h9-11,14-15,17,33-35,37,40H,3-8H2,1-2H3,(H2,32,39)/t10-,11+,14+,15?,17?,27+/m1/s1. The number of phenols is 1. The van der Waals surface area contributed by atoms with Gasteiger partial charge in [-0.15, -0.1) is 0 Å². The lowest BCUT2D eigenvalue weighted by Gasteiger charge is -2.50. The Morgan fingerprint density at radius 3 is 2.48 bits per heavy atom. The summed E-state index contributed by atoms with van der Waals surface area (Å²) in [6.45, 7) is 3.95. The second-order valence-corrected chi connectivity index (χ2v) is 11.3. The van der Waals surface area contributed by atoms with Crippen molar-refractivity contribution in [3.8, 4) is 5.75 Å². The number of allylic oxidation sites excluding steroid dienone is 2. The summed E-state index contributed by atoms with van der Waals surface area (Å²) in [6.07, 6.45) is -4.07. The predicted molar refractivity (Wildman–Crippen MR) is 134 cm³/mol. The summed E-state index contributed by atoms with van der Waals surface area (Å²) in [4.78, 5) is 39.3. The van der Waals surface area contributed by atoms with E-state index in [1.807, 2.05) is 0 Å². The van der Waals surface area contributed by atoms with Crippen LogP contribution in [0.3, 0.4) is 0 Å². The molecule has 6 atom stereocenters. The van der Waals surface area contributed by atoms with Crippen LogP contribution in [-0.2, 0) is 22.2 Å². The number of primary amides is 1. The van der Waals surface area contributed by atoms with Gasteiger partial charge in [0, 0.05) is 23.5 Å². The SMILES string of the molecule is CC[C@@H](C)C1C(O)=C(C(N)=O)C(=O)[C@@]2(O)C(O)=C3C(=O)c4c(O)cc(C5CCCN5)c(C(F)(F)F)c4C[C@H]3C[C@@H]12. The van der Waals surface area contributed by atoms with Crippen LogP contribution in [0.25, 0.3) is 0 Å². The Kier molecular flexibility index (Phi) is 6.57. The molecule has 1 aromatic carbocycles. The number of fused-ring (bicyclic) bond motifs is 3. The second kappa shape index (κ2) is 9.34. The lowest BCUT2D eigenvalue weighted by atomic mass is 9.55. The van der Waals surface area contributed by atoms with Gasteiger partial charge in [-0.1, -0.05) is 20.3 Å². The molecule has 12 heteroatoms. The molecular weight excluding hydrogens is 533 g/mol. The number of nitrogens with one attached hydrogen (secondary N) is 1. The van der Waals surface area contributed by atoms with Crippen LogP contribution in [0.15, 0.2) is 28.7 Å². The first kappa shape index (κ1) is 28.2. The summed E-state index contributed by atoms with van der Waals surface area (Å²) in [5.41, 5.74) is -1.12. The molecule has 0 spiro atoms. The number of aliphatic hydroxyl groups excluding tert-OH is 2. The number of carbonyl (C=O) groups is 3. The second-order valence-electron chi connectivity index (χ2n) is 11.3. The smallest absolute Gasteiger partial charge is 0.417 e. The number of aliphatic hydroxyl groups is 3. The van der Waals surface area contributed by atoms with Crippen molar-refractivity contribution >= 4 is 17.5 Å². The van der Waals surface area contributed by atoms with Crippen LogP contribution in [0.5, 0.6) is 5.75 Å². The molecule has 1 aromatic rings. The zero-order chi connectivity index (χ0) is 29.5. The van der Waals surface area contributed by atoms with Crippen molar-refractivity contribution in [1.29, 1.82) is 0 Å². The van der Waals surface area contributed by atoms with Crippen molar-refractivity contribution in [3.05, 3.63) is 51.0 Å². The molecular formula is C28H31F3N2O7. The van der Waals surface area contributed by atoms with Crippen molar-refractivity contribution in [2.24, 2.45) is 29.4 Å². The minimum Gasteiger partial charge on any atom is -0.511 e. The third kappa shape index (κ3) is 3.79. The zero-order valence-electron chi connectivity index (χ0n) is 21.9. The van der Waals surface area contributed by atoms with E-state index in [1.165, 1.54) is 0 Å². The molecule has 0 radical (unpaired) electrons. The van der Waals surface area contributed by atoms with Gasteiger partial charge >= 0.3 is 6.18 Å². The van der Waals surface area contributed by atoms with Crippen molar-refractivity contribution in [2.45, 2.75) is 63.8 Å². The van der Waals surface area contributed by atoms with Gasteiger partial charge in [0.25, 0.3) is 5.91 Å². The van der Waals surface area contributed by atoms with E-state index in [0.717, 1.165) is 6.07 Å². The van der Waals surface area contributed by atoms with E-state index in [9.17, 15) is 48.0 Å². The number of Topliss-reactive ketones (excluding diaryl/α,β-unsaturated/α-hetero) is 2. The van der Waals surface area contributed by atoms with E-state index in [4.69, 9.17) is 5.73 Å². The minimum absolute atomic E-state index is 0.171. The quantitative estimate of drug-likeness (QED) is 0.303. The van der Waals surface area contributed by atoms with Crippen molar-refractivity contribution in [3.63, 3.8) is 0 Å². The Hall–Kier alpha value is -3.38. The van der Waals surface area contributed by atoms with E-state index in [1.54, 1.807) is 13.8 Å². The average Bonchev–Trinajstić information content (AvgIpc) is 3.39. The van der Waals surface area contributed by atoms with Crippen molar-refractivity contribution in [1.82, 2.24) is 5.32 Å². The summed E-state index contributed by atoms with van der Waals surface area (Å²) in [7, 11) is 0. The summed E-state index contributed by atoms with van der Waals surface area (Å²) in [5, 5.41) is 47.8. The maximum Gasteiger partial charge on any atom is 0.417 e. The highest BCUT2D eigenvalue weighted by Crippen LogP contribution is 2.56. The molecule has 1 saturated heterocycles. The summed E-state index contributed by atoms with van der Waals surface area (Å²) in [6, 6.07) is 0.238. The molecule has 40 heavy (non-hydrogen) atoms. The van der Waals surface area contributed by atoms with Gasteiger partial charge in [-0.3, -0.25) is 14.4 Å². The topological polar surface area (TPSA) is 170 Å². The number of halogens is 3. The van der Waals surface area contributed by atoms with Crippen molar-refractivity contribution < 1.29 is 48.0 Å². The number of hydrogen-bond acceptors (Lipinski definition) is 8. The van der Waals surface area contributed by atoms with Crippen LogP contribution in [-0.4, -0.2) is 50.0 Å². The molecule has 1 amide bonds. The van der Waals surface area contributed by atoms with Gasteiger partial charge in [0.1, 0.15) is 22.8 Å². The lowest BCUT2D eigenvalue weighted by molar-refractivity contribution is -0.149. The fourth-order valence-electron chi connectivity index (χ4n) is 7.30. The summed E-state index contributed by atoms with van der Waals surface area (Å²) >= 11 is 0. The minimum atomic E-state index is -4.87. The number of ketones is 2. The number of benzene rings is 1. The molecule has 216 valence electrons. The van der Waals surface area contributed by atoms with Gasteiger partial charge in [0.15, 0.2) is 11.4 Å². The Morgan fingerprint density at radius 2 is 1.93 bits per heavy atom. The average molecular weight is 565 g/mol. The summed E-state index contributed by atoms with van der Waals surface area (Å²) in [5.74, 6) is -10.1. The number of amides is 1. The van der Waals surface area contributed by atoms with Crippen LogP contribution >= 0.6 is 0 Å². The fourth-order valence-corrected chi connectivity index (χ4v) is 7.30. The number of carbonyl (C=O) groups excluding carboxylic acids is 3. The first-order valence-electron chi connectivity index (χ1n) is 13.3. The Morgan fingerprint density at radius 1 is 1.25 bits per heavy atom. The molecule has 0 bridgehead atoms. The van der Waals surface area contributed by atoms with E-state index < -0.39 is 110 Å². The monoisotopic (exact) mass is 564 g/mol. The third-order valence-electron chi connectivity index (χ3n) is 9.26. The van der Waals surface area contributed by atoms with Crippen LogP contribution in [0.1, 0.15) is 72.6 Å². The Balaban J connectivity index is 1.74. The van der Waals surface area contributed by atoms with E-state index in [2.05, 4.69) is 5.32 Å². The molecule has 1 aliphatic heterocycles. The molecule has 1 heterocycles. The maximum atomic E-state index is 14.6. The number of phenolic OH excluding ortho intramolecular Hbond substituents is 1. The number of aromatic hydroxyl groups is 1. The number of alkyl halides is 3.